The molecule has 2 atom stereocenters. The molecule has 0 spiro atoms. The maximum Gasteiger partial charge on any atom is 0.315 e. The van der Waals surface area contributed by atoms with Crippen LogP contribution in [0, 0.1) is 12.7 Å². The third-order valence-electron chi connectivity index (χ3n) is 4.43. The van der Waals surface area contributed by atoms with Gasteiger partial charge in [0.25, 0.3) is 0 Å². The standard InChI is InChI=1S/C18H23FN4O2/c1-12(17-4-3-9-25-17)22-18(24)21-11-14-5-6-16(15(19)10-14)23-8-7-20-13(23)2/h5-8,10,12,17H,3-4,9,11H2,1-2H3,(H2,21,22,24)/t12-,17+/m0/s1. The molecule has 0 aliphatic carbocycles. The van der Waals surface area contributed by atoms with Gasteiger partial charge in [-0.1, -0.05) is 6.07 Å². The Labute approximate surface area is 146 Å². The van der Waals surface area contributed by atoms with Gasteiger partial charge in [0.05, 0.1) is 17.8 Å². The number of nitrogens with one attached hydrogen (secondary N) is 2. The fourth-order valence-electron chi connectivity index (χ4n) is 3.02. The first kappa shape index (κ1) is 17.4. The van der Waals surface area contributed by atoms with Gasteiger partial charge in [0.15, 0.2) is 0 Å². The topological polar surface area (TPSA) is 68.2 Å². The smallest absolute Gasteiger partial charge is 0.315 e. The Morgan fingerprint density at radius 3 is 3.00 bits per heavy atom. The number of carbonyl (C=O) groups is 1. The minimum absolute atomic E-state index is 0.0502. The summed E-state index contributed by atoms with van der Waals surface area (Å²) in [5.41, 5.74) is 1.13. The van der Waals surface area contributed by atoms with E-state index in [1.165, 1.54) is 6.07 Å². The molecule has 1 aliphatic heterocycles. The summed E-state index contributed by atoms with van der Waals surface area (Å²) in [6.45, 7) is 4.75. The number of hydrogen-bond donors (Lipinski definition) is 2. The largest absolute Gasteiger partial charge is 0.376 e. The van der Waals surface area contributed by atoms with E-state index in [2.05, 4.69) is 15.6 Å². The monoisotopic (exact) mass is 346 g/mol. The van der Waals surface area contributed by atoms with E-state index in [0.29, 0.717) is 17.1 Å². The molecule has 2 aromatic rings. The van der Waals surface area contributed by atoms with E-state index in [1.807, 2.05) is 13.8 Å². The molecule has 1 saturated heterocycles. The molecule has 2 amide bonds. The van der Waals surface area contributed by atoms with E-state index < -0.39 is 0 Å². The molecule has 0 radical (unpaired) electrons. The fourth-order valence-corrected chi connectivity index (χ4v) is 3.02. The predicted molar refractivity (Wildman–Crippen MR) is 92.1 cm³/mol. The fraction of sp³-hybridized carbons (Fsp3) is 0.444. The third kappa shape index (κ3) is 4.17. The van der Waals surface area contributed by atoms with Crippen molar-refractivity contribution >= 4 is 6.03 Å². The summed E-state index contributed by atoms with van der Waals surface area (Å²) in [6.07, 6.45) is 5.40. The molecule has 134 valence electrons. The molecule has 0 bridgehead atoms. The van der Waals surface area contributed by atoms with E-state index in [-0.39, 0.29) is 30.5 Å². The number of urea groups is 1. The molecule has 0 unspecified atom stereocenters. The Balaban J connectivity index is 1.55. The van der Waals surface area contributed by atoms with Gasteiger partial charge in [0.1, 0.15) is 11.6 Å². The van der Waals surface area contributed by atoms with Gasteiger partial charge in [-0.3, -0.25) is 0 Å². The second-order valence-corrected chi connectivity index (χ2v) is 6.30. The summed E-state index contributed by atoms with van der Waals surface area (Å²) >= 11 is 0. The third-order valence-corrected chi connectivity index (χ3v) is 4.43. The van der Waals surface area contributed by atoms with Gasteiger partial charge in [0.2, 0.25) is 0 Å². The Morgan fingerprint density at radius 2 is 2.36 bits per heavy atom. The van der Waals surface area contributed by atoms with Crippen molar-refractivity contribution in [2.24, 2.45) is 0 Å². The molecule has 0 saturated carbocycles. The van der Waals surface area contributed by atoms with Crippen molar-refractivity contribution in [3.8, 4) is 5.69 Å². The molecule has 1 fully saturated rings. The van der Waals surface area contributed by atoms with Crippen molar-refractivity contribution in [3.63, 3.8) is 0 Å². The molecule has 3 rings (SSSR count). The van der Waals surface area contributed by atoms with Crippen LogP contribution in [0.1, 0.15) is 31.2 Å². The average Bonchev–Trinajstić information content (AvgIpc) is 3.25. The van der Waals surface area contributed by atoms with Gasteiger partial charge < -0.3 is 19.9 Å². The summed E-state index contributed by atoms with van der Waals surface area (Å²) in [4.78, 5) is 16.1. The molecule has 1 aromatic carbocycles. The zero-order chi connectivity index (χ0) is 17.8. The van der Waals surface area contributed by atoms with E-state index >= 15 is 0 Å². The van der Waals surface area contributed by atoms with Crippen LogP contribution in [0.4, 0.5) is 9.18 Å². The van der Waals surface area contributed by atoms with Gasteiger partial charge >= 0.3 is 6.03 Å². The number of hydrogen-bond acceptors (Lipinski definition) is 3. The summed E-state index contributed by atoms with van der Waals surface area (Å²) in [7, 11) is 0. The summed E-state index contributed by atoms with van der Waals surface area (Å²) < 4.78 is 21.6. The van der Waals surface area contributed by atoms with Crippen molar-refractivity contribution < 1.29 is 13.9 Å². The van der Waals surface area contributed by atoms with Crippen molar-refractivity contribution in [1.82, 2.24) is 20.2 Å². The van der Waals surface area contributed by atoms with Crippen LogP contribution >= 0.6 is 0 Å². The van der Waals surface area contributed by atoms with Crippen molar-refractivity contribution in [1.29, 1.82) is 0 Å². The highest BCUT2D eigenvalue weighted by Gasteiger charge is 2.23. The normalized spacial score (nSPS) is 18.1. The van der Waals surface area contributed by atoms with Crippen LogP contribution in [0.2, 0.25) is 0 Å². The lowest BCUT2D eigenvalue weighted by Gasteiger charge is -2.20. The minimum atomic E-state index is -0.353. The first-order valence-corrected chi connectivity index (χ1v) is 8.49. The molecule has 2 N–H and O–H groups in total. The maximum atomic E-state index is 14.3. The molecular formula is C18H23FN4O2. The highest BCUT2D eigenvalue weighted by Crippen LogP contribution is 2.17. The number of rotatable bonds is 5. The lowest BCUT2D eigenvalue weighted by atomic mass is 10.1. The molecule has 1 aliphatic rings. The highest BCUT2D eigenvalue weighted by atomic mass is 19.1. The molecule has 6 nitrogen and oxygen atoms in total. The summed E-state index contributed by atoms with van der Waals surface area (Å²) in [6, 6.07) is 4.58. The Kier molecular flexibility index (Phi) is 5.33. The number of amides is 2. The van der Waals surface area contributed by atoms with E-state index in [9.17, 15) is 9.18 Å². The Hall–Kier alpha value is -2.41. The van der Waals surface area contributed by atoms with Crippen molar-refractivity contribution in [2.45, 2.75) is 45.4 Å². The number of carbonyl (C=O) groups excluding carboxylic acids is 1. The molecule has 25 heavy (non-hydrogen) atoms. The number of aromatic nitrogens is 2. The van der Waals surface area contributed by atoms with E-state index in [0.717, 1.165) is 19.4 Å². The Bertz CT molecular complexity index is 740. The quantitative estimate of drug-likeness (QED) is 0.875. The van der Waals surface area contributed by atoms with Gasteiger partial charge in [-0.05, 0) is 44.4 Å². The SMILES string of the molecule is Cc1nccn1-c1ccc(CNC(=O)N[C@@H](C)[C@H]2CCCO2)cc1F. The second-order valence-electron chi connectivity index (χ2n) is 6.30. The van der Waals surface area contributed by atoms with Crippen LogP contribution in [0.3, 0.4) is 0 Å². The number of benzene rings is 1. The summed E-state index contributed by atoms with van der Waals surface area (Å²) in [5, 5.41) is 5.62. The molecule has 7 heteroatoms. The number of ether oxygens (including phenoxy) is 1. The Morgan fingerprint density at radius 1 is 1.52 bits per heavy atom. The average molecular weight is 346 g/mol. The first-order valence-electron chi connectivity index (χ1n) is 8.49. The van der Waals surface area contributed by atoms with Crippen molar-refractivity contribution in [3.05, 3.63) is 47.8 Å². The second kappa shape index (κ2) is 7.65. The molecular weight excluding hydrogens is 323 g/mol. The van der Waals surface area contributed by atoms with Crippen LogP contribution in [0.5, 0.6) is 0 Å². The van der Waals surface area contributed by atoms with Crippen LogP contribution < -0.4 is 10.6 Å². The van der Waals surface area contributed by atoms with Crippen LogP contribution in [0.25, 0.3) is 5.69 Å². The van der Waals surface area contributed by atoms with Crippen LogP contribution in [-0.4, -0.2) is 34.3 Å². The zero-order valence-electron chi connectivity index (χ0n) is 14.5. The van der Waals surface area contributed by atoms with Crippen molar-refractivity contribution in [2.75, 3.05) is 6.61 Å². The van der Waals surface area contributed by atoms with E-state index in [1.54, 1.807) is 29.1 Å². The van der Waals surface area contributed by atoms with Gasteiger partial charge in [-0.15, -0.1) is 0 Å². The molecule has 1 aromatic heterocycles. The lowest BCUT2D eigenvalue weighted by molar-refractivity contribution is 0.0860. The van der Waals surface area contributed by atoms with Crippen LogP contribution in [-0.2, 0) is 11.3 Å². The van der Waals surface area contributed by atoms with Gasteiger partial charge in [-0.25, -0.2) is 14.2 Å². The molecule has 2 heterocycles. The summed E-state index contributed by atoms with van der Waals surface area (Å²) in [5.74, 6) is 0.362. The zero-order valence-corrected chi connectivity index (χ0v) is 14.5. The lowest BCUT2D eigenvalue weighted by Crippen LogP contribution is -2.45. The number of imidazole rings is 1. The highest BCUT2D eigenvalue weighted by molar-refractivity contribution is 5.74. The number of aryl methyl sites for hydroxylation is 1. The van der Waals surface area contributed by atoms with E-state index in [4.69, 9.17) is 4.74 Å². The van der Waals surface area contributed by atoms with Crippen LogP contribution in [0.15, 0.2) is 30.6 Å². The first-order chi connectivity index (χ1) is 12.0. The minimum Gasteiger partial charge on any atom is -0.376 e. The van der Waals surface area contributed by atoms with Gasteiger partial charge in [-0.2, -0.15) is 0 Å². The maximum absolute atomic E-state index is 14.3. The van der Waals surface area contributed by atoms with Gasteiger partial charge in [0, 0.05) is 25.5 Å². The number of halogens is 1. The number of nitrogens with zero attached hydrogens (tertiary/aromatic N) is 2. The predicted octanol–water partition coefficient (Wildman–Crippen LogP) is 2.69.